The monoisotopic (exact) mass is 344 g/mol. The number of carbonyl (C=O) groups excluding carboxylic acids is 1. The fourth-order valence-electron chi connectivity index (χ4n) is 1.51. The summed E-state index contributed by atoms with van der Waals surface area (Å²) in [5.74, 6) is -0.626. The first-order chi connectivity index (χ1) is 10.9. The van der Waals surface area contributed by atoms with Crippen molar-refractivity contribution in [2.75, 3.05) is 17.9 Å². The summed E-state index contributed by atoms with van der Waals surface area (Å²) in [6, 6.07) is 3.05. The fraction of sp³-hybridized carbons (Fsp3) is 0.333. The number of rotatable bonds is 8. The molecular formula is C12H13ClN4O6. The third kappa shape index (κ3) is 5.51. The van der Waals surface area contributed by atoms with Crippen LogP contribution in [0.1, 0.15) is 13.3 Å². The molecule has 0 aromatic heterocycles. The van der Waals surface area contributed by atoms with Crippen LogP contribution in [0.5, 0.6) is 0 Å². The quantitative estimate of drug-likeness (QED) is 0.251. The van der Waals surface area contributed by atoms with Crippen LogP contribution in [-0.2, 0) is 9.53 Å². The predicted octanol–water partition coefficient (Wildman–Crippen LogP) is 2.46. The maximum atomic E-state index is 11.3. The van der Waals surface area contributed by atoms with Crippen LogP contribution in [0, 0.1) is 20.2 Å². The Bertz CT molecular complexity index is 648. The van der Waals surface area contributed by atoms with Crippen molar-refractivity contribution in [2.24, 2.45) is 5.10 Å². The maximum Gasteiger partial charge on any atom is 0.311 e. The van der Waals surface area contributed by atoms with Crippen LogP contribution in [0.3, 0.4) is 0 Å². The van der Waals surface area contributed by atoms with Gasteiger partial charge < -0.3 is 4.74 Å². The number of esters is 1. The lowest BCUT2D eigenvalue weighted by molar-refractivity contribution is -0.393. The van der Waals surface area contributed by atoms with Crippen molar-refractivity contribution in [2.45, 2.75) is 13.3 Å². The summed E-state index contributed by atoms with van der Waals surface area (Å²) in [6.45, 7) is 1.85. The smallest absolute Gasteiger partial charge is 0.311 e. The lowest BCUT2D eigenvalue weighted by Crippen LogP contribution is -2.14. The Morgan fingerprint density at radius 3 is 2.57 bits per heavy atom. The van der Waals surface area contributed by atoms with E-state index < -0.39 is 27.2 Å². The van der Waals surface area contributed by atoms with Gasteiger partial charge in [-0.1, -0.05) is 0 Å². The number of halogens is 1. The summed E-state index contributed by atoms with van der Waals surface area (Å²) in [5.41, 5.74) is 1.59. The molecule has 0 heterocycles. The van der Waals surface area contributed by atoms with Crippen LogP contribution < -0.4 is 5.43 Å². The highest BCUT2D eigenvalue weighted by molar-refractivity contribution is 6.30. The van der Waals surface area contributed by atoms with Gasteiger partial charge in [-0.2, -0.15) is 5.10 Å². The minimum absolute atomic E-state index is 0.0629. The van der Waals surface area contributed by atoms with Gasteiger partial charge in [-0.15, -0.1) is 11.6 Å². The Labute approximate surface area is 135 Å². The van der Waals surface area contributed by atoms with Crippen molar-refractivity contribution in [1.82, 2.24) is 0 Å². The number of hydrogen-bond donors (Lipinski definition) is 1. The highest BCUT2D eigenvalue weighted by Gasteiger charge is 2.19. The predicted molar refractivity (Wildman–Crippen MR) is 82.8 cm³/mol. The number of carbonyl (C=O) groups is 1. The van der Waals surface area contributed by atoms with Crippen LogP contribution in [0.25, 0.3) is 0 Å². The summed E-state index contributed by atoms with van der Waals surface area (Å²) < 4.78 is 4.74. The van der Waals surface area contributed by atoms with Crippen molar-refractivity contribution in [1.29, 1.82) is 0 Å². The number of nitro groups is 2. The molecule has 0 amide bonds. The molecule has 1 N–H and O–H groups in total. The number of anilines is 1. The van der Waals surface area contributed by atoms with E-state index in [2.05, 4.69) is 10.5 Å². The van der Waals surface area contributed by atoms with E-state index in [0.29, 0.717) is 0 Å². The number of non-ortho nitro benzene ring substituents is 1. The molecular weight excluding hydrogens is 332 g/mol. The summed E-state index contributed by atoms with van der Waals surface area (Å²) in [6.07, 6.45) is -0.175. The normalized spacial score (nSPS) is 11.0. The molecule has 23 heavy (non-hydrogen) atoms. The third-order valence-corrected chi connectivity index (χ3v) is 2.84. The molecule has 1 aromatic rings. The van der Waals surface area contributed by atoms with Crippen molar-refractivity contribution in [3.05, 3.63) is 38.4 Å². The van der Waals surface area contributed by atoms with Crippen LogP contribution in [0.4, 0.5) is 17.1 Å². The standard InChI is InChI=1S/C12H13ClN4O6/c1-2-23-12(18)5-8(7-13)14-15-10-4-3-9(16(19)20)6-11(10)17(21)22/h3-4,6,15H,2,5,7H2,1H3/b14-8+. The van der Waals surface area contributed by atoms with Crippen LogP contribution in [0.2, 0.25) is 0 Å². The molecule has 10 nitrogen and oxygen atoms in total. The zero-order valence-electron chi connectivity index (χ0n) is 12.0. The highest BCUT2D eigenvalue weighted by Crippen LogP contribution is 2.28. The molecule has 0 atom stereocenters. The van der Waals surface area contributed by atoms with Gasteiger partial charge in [-0.25, -0.2) is 0 Å². The first-order valence-corrected chi connectivity index (χ1v) is 6.88. The Kier molecular flexibility index (Phi) is 6.87. The molecule has 0 unspecified atom stereocenters. The van der Waals surface area contributed by atoms with Crippen molar-refractivity contribution in [3.63, 3.8) is 0 Å². The lowest BCUT2D eigenvalue weighted by atomic mass is 10.2. The maximum absolute atomic E-state index is 11.3. The fourth-order valence-corrected chi connectivity index (χ4v) is 1.67. The Morgan fingerprint density at radius 1 is 1.35 bits per heavy atom. The average molecular weight is 345 g/mol. The summed E-state index contributed by atoms with van der Waals surface area (Å²) in [4.78, 5) is 31.4. The number of nitrogens with zero attached hydrogens (tertiary/aromatic N) is 3. The number of hydrogen-bond acceptors (Lipinski definition) is 8. The first-order valence-electron chi connectivity index (χ1n) is 6.34. The van der Waals surface area contributed by atoms with Crippen LogP contribution >= 0.6 is 11.6 Å². The summed E-state index contributed by atoms with van der Waals surface area (Å²) in [7, 11) is 0. The second-order valence-corrected chi connectivity index (χ2v) is 4.39. The van der Waals surface area contributed by atoms with Crippen LogP contribution in [-0.4, -0.2) is 34.0 Å². The molecule has 0 radical (unpaired) electrons. The first kappa shape index (κ1) is 18.3. The minimum Gasteiger partial charge on any atom is -0.466 e. The van der Waals surface area contributed by atoms with E-state index >= 15 is 0 Å². The SMILES string of the molecule is CCOC(=O)C/C(CCl)=N\Nc1ccc([N+](=O)[O-])cc1[N+](=O)[O-]. The molecule has 1 rings (SSSR count). The van der Waals surface area contributed by atoms with Crippen molar-refractivity contribution < 1.29 is 19.4 Å². The molecule has 0 saturated carbocycles. The van der Waals surface area contributed by atoms with Gasteiger partial charge in [0.05, 0.1) is 40.5 Å². The van der Waals surface area contributed by atoms with Crippen molar-refractivity contribution >= 4 is 40.3 Å². The topological polar surface area (TPSA) is 137 Å². The van der Waals surface area contributed by atoms with E-state index in [0.717, 1.165) is 18.2 Å². The molecule has 0 fully saturated rings. The van der Waals surface area contributed by atoms with E-state index in [4.69, 9.17) is 16.3 Å². The van der Waals surface area contributed by atoms with Gasteiger partial charge in [0.15, 0.2) is 0 Å². The molecule has 124 valence electrons. The number of nitro benzene ring substituents is 2. The van der Waals surface area contributed by atoms with Gasteiger partial charge in [0.25, 0.3) is 5.69 Å². The van der Waals surface area contributed by atoms with Gasteiger partial charge >= 0.3 is 11.7 Å². The number of hydrazone groups is 1. The van der Waals surface area contributed by atoms with E-state index in [9.17, 15) is 25.0 Å². The number of ether oxygens (including phenoxy) is 1. The van der Waals surface area contributed by atoms with E-state index in [1.54, 1.807) is 6.92 Å². The van der Waals surface area contributed by atoms with Gasteiger partial charge in [-0.05, 0) is 13.0 Å². The second-order valence-electron chi connectivity index (χ2n) is 4.12. The largest absolute Gasteiger partial charge is 0.466 e. The van der Waals surface area contributed by atoms with Crippen LogP contribution in [0.15, 0.2) is 23.3 Å². The van der Waals surface area contributed by atoms with E-state index in [-0.39, 0.29) is 30.3 Å². The van der Waals surface area contributed by atoms with Gasteiger partial charge in [0.2, 0.25) is 0 Å². The lowest BCUT2D eigenvalue weighted by Gasteiger charge is -2.05. The van der Waals surface area contributed by atoms with Crippen molar-refractivity contribution in [3.8, 4) is 0 Å². The Morgan fingerprint density at radius 2 is 2.04 bits per heavy atom. The molecule has 0 saturated heterocycles. The third-order valence-electron chi connectivity index (χ3n) is 2.53. The summed E-state index contributed by atoms with van der Waals surface area (Å²) >= 11 is 5.65. The van der Waals surface area contributed by atoms with Gasteiger partial charge in [0.1, 0.15) is 5.69 Å². The minimum atomic E-state index is -0.781. The Hall–Kier alpha value is -2.75. The second kappa shape index (κ2) is 8.63. The highest BCUT2D eigenvalue weighted by atomic mass is 35.5. The summed E-state index contributed by atoms with van der Waals surface area (Å²) in [5, 5.41) is 25.4. The van der Waals surface area contributed by atoms with Gasteiger partial charge in [0, 0.05) is 6.07 Å². The van der Waals surface area contributed by atoms with Gasteiger partial charge in [-0.3, -0.25) is 30.4 Å². The molecule has 0 aliphatic carbocycles. The number of nitrogens with one attached hydrogen (secondary N) is 1. The molecule has 0 bridgehead atoms. The molecule has 0 aliphatic heterocycles. The molecule has 0 spiro atoms. The molecule has 11 heteroatoms. The number of benzene rings is 1. The number of alkyl halides is 1. The average Bonchev–Trinajstić information content (AvgIpc) is 2.51. The van der Waals surface area contributed by atoms with E-state index in [1.807, 2.05) is 0 Å². The molecule has 0 aliphatic rings. The molecule has 1 aromatic carbocycles. The van der Waals surface area contributed by atoms with E-state index in [1.165, 1.54) is 0 Å². The zero-order valence-corrected chi connectivity index (χ0v) is 12.8. The zero-order chi connectivity index (χ0) is 17.4. The Balaban J connectivity index is 2.98.